The highest BCUT2D eigenvalue weighted by molar-refractivity contribution is 8.18. The molecule has 2 amide bonds. The molecule has 5 nitrogen and oxygen atoms in total. The van der Waals surface area contributed by atoms with E-state index in [0.717, 1.165) is 53.9 Å². The molecule has 0 aliphatic carbocycles. The molecule has 1 aliphatic heterocycles. The second kappa shape index (κ2) is 9.13. The third kappa shape index (κ3) is 4.06. The second-order valence-electron chi connectivity index (χ2n) is 7.66. The van der Waals surface area contributed by atoms with Gasteiger partial charge in [0.15, 0.2) is 0 Å². The zero-order chi connectivity index (χ0) is 22.0. The summed E-state index contributed by atoms with van der Waals surface area (Å²) in [7, 11) is 0. The van der Waals surface area contributed by atoms with E-state index in [1.54, 1.807) is 0 Å². The normalized spacial score (nSPS) is 16.6. The number of carbonyl (C=O) groups excluding carboxylic acids is 2. The molecule has 0 saturated carbocycles. The number of aromatic nitrogens is 1. The molecule has 1 fully saturated rings. The van der Waals surface area contributed by atoms with E-state index < -0.39 is 0 Å². The lowest BCUT2D eigenvalue weighted by Crippen LogP contribution is -2.36. The summed E-state index contributed by atoms with van der Waals surface area (Å²) < 4.78 is 2.19. The Balaban J connectivity index is 1.92. The van der Waals surface area contributed by atoms with Crippen LogP contribution < -0.4 is 4.90 Å². The Bertz CT molecular complexity index is 971. The molecule has 1 aromatic heterocycles. The first-order valence-electron chi connectivity index (χ1n) is 10.6. The number of nitrogens with zero attached hydrogens (tertiary/aromatic N) is 3. The Kier molecular flexibility index (Phi) is 6.76. The molecular formula is C24H31N3O2S. The molecule has 160 valence electrons. The van der Waals surface area contributed by atoms with E-state index in [9.17, 15) is 9.59 Å². The van der Waals surface area contributed by atoms with Gasteiger partial charge >= 0.3 is 0 Å². The Hall–Kier alpha value is -2.47. The summed E-state index contributed by atoms with van der Waals surface area (Å²) in [5.74, 6) is -0.187. The van der Waals surface area contributed by atoms with Crippen LogP contribution in [0.5, 0.6) is 0 Å². The van der Waals surface area contributed by atoms with Gasteiger partial charge < -0.3 is 9.47 Å². The van der Waals surface area contributed by atoms with Crippen molar-refractivity contribution in [3.05, 3.63) is 52.2 Å². The Labute approximate surface area is 183 Å². The number of anilines is 1. The van der Waals surface area contributed by atoms with Crippen molar-refractivity contribution in [1.82, 2.24) is 9.47 Å². The minimum atomic E-state index is -0.187. The fourth-order valence-electron chi connectivity index (χ4n) is 3.92. The van der Waals surface area contributed by atoms with Crippen LogP contribution in [0.2, 0.25) is 0 Å². The first-order valence-corrected chi connectivity index (χ1v) is 11.4. The predicted molar refractivity (Wildman–Crippen MR) is 126 cm³/mol. The van der Waals surface area contributed by atoms with Crippen molar-refractivity contribution in [2.45, 2.75) is 54.0 Å². The number of hydrogen-bond acceptors (Lipinski definition) is 4. The molecule has 3 rings (SSSR count). The zero-order valence-corrected chi connectivity index (χ0v) is 19.5. The molecule has 1 aliphatic rings. The van der Waals surface area contributed by atoms with Crippen LogP contribution in [0.25, 0.3) is 11.8 Å². The van der Waals surface area contributed by atoms with E-state index in [0.29, 0.717) is 4.91 Å². The van der Waals surface area contributed by atoms with Crippen LogP contribution in [0.3, 0.4) is 0 Å². The number of benzene rings is 1. The minimum Gasteiger partial charge on any atom is -0.372 e. The van der Waals surface area contributed by atoms with Crippen molar-refractivity contribution in [3.63, 3.8) is 0 Å². The van der Waals surface area contributed by atoms with Crippen LogP contribution in [-0.2, 0) is 4.79 Å². The summed E-state index contributed by atoms with van der Waals surface area (Å²) in [6, 6.07) is 10.6. The van der Waals surface area contributed by atoms with E-state index in [1.807, 2.05) is 19.9 Å². The number of imide groups is 1. The fourth-order valence-corrected chi connectivity index (χ4v) is 4.84. The summed E-state index contributed by atoms with van der Waals surface area (Å²) in [4.78, 5) is 29.3. The van der Waals surface area contributed by atoms with Crippen LogP contribution in [0.1, 0.15) is 51.1 Å². The maximum Gasteiger partial charge on any atom is 0.293 e. The largest absolute Gasteiger partial charge is 0.372 e. The maximum atomic E-state index is 12.8. The van der Waals surface area contributed by atoms with Gasteiger partial charge in [0.2, 0.25) is 0 Å². The number of thioether (sulfide) groups is 1. The van der Waals surface area contributed by atoms with Gasteiger partial charge in [-0.1, -0.05) is 6.92 Å². The quantitative estimate of drug-likeness (QED) is 0.528. The highest BCUT2D eigenvalue weighted by atomic mass is 32.2. The van der Waals surface area contributed by atoms with Gasteiger partial charge in [0.1, 0.15) is 0 Å². The molecule has 0 radical (unpaired) electrons. The van der Waals surface area contributed by atoms with Crippen molar-refractivity contribution in [2.24, 2.45) is 0 Å². The van der Waals surface area contributed by atoms with E-state index in [4.69, 9.17) is 0 Å². The third-order valence-corrected chi connectivity index (χ3v) is 6.73. The Morgan fingerprint density at radius 2 is 1.70 bits per heavy atom. The number of carbonyl (C=O) groups is 2. The molecule has 2 aromatic rings. The van der Waals surface area contributed by atoms with E-state index in [1.165, 1.54) is 10.6 Å². The first-order chi connectivity index (χ1) is 14.3. The van der Waals surface area contributed by atoms with Crippen LogP contribution in [0.15, 0.2) is 35.2 Å². The molecule has 2 heterocycles. The summed E-state index contributed by atoms with van der Waals surface area (Å²) >= 11 is 1.03. The molecule has 1 saturated heterocycles. The van der Waals surface area contributed by atoms with Crippen molar-refractivity contribution in [2.75, 3.05) is 18.0 Å². The van der Waals surface area contributed by atoms with Gasteiger partial charge in [0, 0.05) is 41.9 Å². The van der Waals surface area contributed by atoms with Crippen molar-refractivity contribution < 1.29 is 9.59 Å². The number of aryl methyl sites for hydroxylation is 1. The van der Waals surface area contributed by atoms with Crippen molar-refractivity contribution >= 4 is 34.7 Å². The summed E-state index contributed by atoms with van der Waals surface area (Å²) in [6.07, 6.45) is 2.61. The average molecular weight is 426 g/mol. The third-order valence-electron chi connectivity index (χ3n) is 5.85. The SMILES string of the molecule is CC[C@H](C)N1C(=O)S/C(=C/c2cc(C)n(-c3ccc(N(CC)CC)cc3)c2C)C1=O. The molecule has 0 spiro atoms. The lowest BCUT2D eigenvalue weighted by molar-refractivity contribution is -0.124. The molecule has 0 unspecified atom stereocenters. The zero-order valence-electron chi connectivity index (χ0n) is 18.7. The van der Waals surface area contributed by atoms with E-state index >= 15 is 0 Å². The van der Waals surface area contributed by atoms with Gasteiger partial charge in [-0.25, -0.2) is 0 Å². The highest BCUT2D eigenvalue weighted by Crippen LogP contribution is 2.35. The van der Waals surface area contributed by atoms with Crippen molar-refractivity contribution in [3.8, 4) is 5.69 Å². The number of hydrogen-bond donors (Lipinski definition) is 0. The molecule has 1 aromatic carbocycles. The predicted octanol–water partition coefficient (Wildman–Crippen LogP) is 5.78. The topological polar surface area (TPSA) is 45.6 Å². The van der Waals surface area contributed by atoms with Gasteiger partial charge in [0.25, 0.3) is 11.1 Å². The fraction of sp³-hybridized carbons (Fsp3) is 0.417. The minimum absolute atomic E-state index is 0.0832. The number of amides is 2. The van der Waals surface area contributed by atoms with Gasteiger partial charge in [0.05, 0.1) is 4.91 Å². The van der Waals surface area contributed by atoms with Crippen LogP contribution >= 0.6 is 11.8 Å². The standard InChI is InChI=1S/C24H31N3O2S/c1-7-16(4)27-23(28)22(30-24(27)29)15-19-14-17(5)26(18(19)6)21-12-10-20(11-13-21)25(8-2)9-3/h10-16H,7-9H2,1-6H3/b22-15+/t16-/m0/s1. The second-order valence-corrected chi connectivity index (χ2v) is 8.65. The molecular weight excluding hydrogens is 394 g/mol. The monoisotopic (exact) mass is 425 g/mol. The lowest BCUT2D eigenvalue weighted by atomic mass is 10.2. The summed E-state index contributed by atoms with van der Waals surface area (Å²) in [5, 5.41) is -0.179. The molecule has 0 bridgehead atoms. The van der Waals surface area contributed by atoms with Crippen LogP contribution in [-0.4, -0.2) is 39.7 Å². The average Bonchev–Trinajstić information content (AvgIpc) is 3.17. The van der Waals surface area contributed by atoms with Crippen LogP contribution in [0.4, 0.5) is 10.5 Å². The van der Waals surface area contributed by atoms with E-state index in [2.05, 4.69) is 67.5 Å². The highest BCUT2D eigenvalue weighted by Gasteiger charge is 2.37. The van der Waals surface area contributed by atoms with E-state index in [-0.39, 0.29) is 17.2 Å². The summed E-state index contributed by atoms with van der Waals surface area (Å²) in [5.41, 5.74) is 5.42. The van der Waals surface area contributed by atoms with Gasteiger partial charge in [-0.3, -0.25) is 14.5 Å². The van der Waals surface area contributed by atoms with Gasteiger partial charge in [-0.2, -0.15) is 0 Å². The van der Waals surface area contributed by atoms with Gasteiger partial charge in [-0.15, -0.1) is 0 Å². The first kappa shape index (κ1) is 22.2. The smallest absolute Gasteiger partial charge is 0.293 e. The molecule has 30 heavy (non-hydrogen) atoms. The Morgan fingerprint density at radius 3 is 2.27 bits per heavy atom. The van der Waals surface area contributed by atoms with Crippen molar-refractivity contribution in [1.29, 1.82) is 0 Å². The van der Waals surface area contributed by atoms with Crippen LogP contribution in [0, 0.1) is 13.8 Å². The maximum absolute atomic E-state index is 12.8. The molecule has 0 N–H and O–H groups in total. The lowest BCUT2D eigenvalue weighted by Gasteiger charge is -2.21. The molecule has 6 heteroatoms. The molecule has 1 atom stereocenters. The number of rotatable bonds is 7. The Morgan fingerprint density at radius 1 is 1.07 bits per heavy atom. The van der Waals surface area contributed by atoms with Gasteiger partial charge in [-0.05, 0) is 94.8 Å². The summed E-state index contributed by atoms with van der Waals surface area (Å²) in [6.45, 7) is 14.3.